The number of hydrogen-bond acceptors (Lipinski definition) is 4. The number of carbonyl (C=O) groups excluding carboxylic acids is 2. The van der Waals surface area contributed by atoms with Gasteiger partial charge in [-0.25, -0.2) is 4.98 Å². The highest BCUT2D eigenvalue weighted by molar-refractivity contribution is 7.09. The van der Waals surface area contributed by atoms with Crippen molar-refractivity contribution in [2.45, 2.75) is 32.1 Å². The number of aromatic nitrogens is 1. The van der Waals surface area contributed by atoms with E-state index in [4.69, 9.17) is 0 Å². The average molecular weight is 307 g/mol. The molecule has 0 aromatic carbocycles. The topological polar surface area (TPSA) is 53.5 Å². The zero-order valence-electron chi connectivity index (χ0n) is 12.2. The van der Waals surface area contributed by atoms with Gasteiger partial charge in [0.05, 0.1) is 5.01 Å². The van der Waals surface area contributed by atoms with Crippen LogP contribution < -0.4 is 0 Å². The molecule has 0 N–H and O–H groups in total. The average Bonchev–Trinajstić information content (AvgIpc) is 3.26. The monoisotopic (exact) mass is 307 g/mol. The van der Waals surface area contributed by atoms with Crippen LogP contribution in [0.1, 0.15) is 30.7 Å². The molecule has 1 aliphatic heterocycles. The lowest BCUT2D eigenvalue weighted by molar-refractivity contribution is -0.134. The van der Waals surface area contributed by atoms with Crippen molar-refractivity contribution in [1.29, 1.82) is 0 Å². The Bertz CT molecular complexity index is 499. The van der Waals surface area contributed by atoms with Gasteiger partial charge in [0.1, 0.15) is 0 Å². The number of amides is 2. The number of nitrogens with zero attached hydrogens (tertiary/aromatic N) is 3. The van der Waals surface area contributed by atoms with Gasteiger partial charge in [0.15, 0.2) is 0 Å². The highest BCUT2D eigenvalue weighted by atomic mass is 32.1. The standard InChI is InChI=1S/C15H21N3O2S/c19-14(5-4-13-16-6-11-21-13)17-7-1-8-18(10-9-17)15(20)12-2-3-12/h6,11-12H,1-5,7-10H2. The third kappa shape index (κ3) is 3.81. The van der Waals surface area contributed by atoms with Gasteiger partial charge in [-0.1, -0.05) is 0 Å². The minimum absolute atomic E-state index is 0.186. The summed E-state index contributed by atoms with van der Waals surface area (Å²) in [6, 6.07) is 0. The van der Waals surface area contributed by atoms with Crippen LogP contribution in [0, 0.1) is 5.92 Å². The molecule has 1 aromatic rings. The zero-order chi connectivity index (χ0) is 14.7. The SMILES string of the molecule is O=C(CCc1nccs1)N1CCCN(C(=O)C2CC2)CC1. The molecule has 2 aliphatic rings. The summed E-state index contributed by atoms with van der Waals surface area (Å²) in [6.07, 6.45) is 6.00. The van der Waals surface area contributed by atoms with Crippen LogP contribution >= 0.6 is 11.3 Å². The first-order valence-electron chi connectivity index (χ1n) is 7.69. The van der Waals surface area contributed by atoms with Crippen LogP contribution in [-0.4, -0.2) is 52.8 Å². The fraction of sp³-hybridized carbons (Fsp3) is 0.667. The van der Waals surface area contributed by atoms with Crippen molar-refractivity contribution in [2.75, 3.05) is 26.2 Å². The smallest absolute Gasteiger partial charge is 0.225 e. The van der Waals surface area contributed by atoms with Gasteiger partial charge in [-0.3, -0.25) is 9.59 Å². The molecule has 0 bridgehead atoms. The van der Waals surface area contributed by atoms with Gasteiger partial charge in [-0.2, -0.15) is 0 Å². The summed E-state index contributed by atoms with van der Waals surface area (Å²) in [4.78, 5) is 32.4. The molecule has 1 aliphatic carbocycles. The fourth-order valence-electron chi connectivity index (χ4n) is 2.72. The molecule has 21 heavy (non-hydrogen) atoms. The van der Waals surface area contributed by atoms with Crippen molar-refractivity contribution in [1.82, 2.24) is 14.8 Å². The highest BCUT2D eigenvalue weighted by Crippen LogP contribution is 2.31. The summed E-state index contributed by atoms with van der Waals surface area (Å²) in [5.74, 6) is 0.759. The Balaban J connectivity index is 1.47. The van der Waals surface area contributed by atoms with Gasteiger partial charge in [-0.15, -0.1) is 11.3 Å². The van der Waals surface area contributed by atoms with Crippen molar-refractivity contribution in [2.24, 2.45) is 5.92 Å². The third-order valence-electron chi connectivity index (χ3n) is 4.12. The Morgan fingerprint density at radius 1 is 1.19 bits per heavy atom. The third-order valence-corrected chi connectivity index (χ3v) is 4.96. The van der Waals surface area contributed by atoms with E-state index in [1.807, 2.05) is 15.2 Å². The van der Waals surface area contributed by atoms with Gasteiger partial charge >= 0.3 is 0 Å². The molecule has 114 valence electrons. The van der Waals surface area contributed by atoms with E-state index in [0.29, 0.717) is 25.4 Å². The van der Waals surface area contributed by atoms with Gasteiger partial charge in [0.2, 0.25) is 11.8 Å². The Kier molecular flexibility index (Phi) is 4.53. The number of rotatable bonds is 4. The number of thiazole rings is 1. The number of carbonyl (C=O) groups is 2. The summed E-state index contributed by atoms with van der Waals surface area (Å²) in [5, 5.41) is 2.95. The first-order chi connectivity index (χ1) is 10.2. The first kappa shape index (κ1) is 14.5. The van der Waals surface area contributed by atoms with Crippen LogP contribution in [0.15, 0.2) is 11.6 Å². The van der Waals surface area contributed by atoms with Crippen LogP contribution in [0.4, 0.5) is 0 Å². The Hall–Kier alpha value is -1.43. The maximum Gasteiger partial charge on any atom is 0.225 e. The van der Waals surface area contributed by atoms with Crippen LogP contribution in [-0.2, 0) is 16.0 Å². The van der Waals surface area contributed by atoms with Gasteiger partial charge in [0, 0.05) is 56.5 Å². The quantitative estimate of drug-likeness (QED) is 0.848. The van der Waals surface area contributed by atoms with Gasteiger partial charge in [0.25, 0.3) is 0 Å². The lowest BCUT2D eigenvalue weighted by Gasteiger charge is -2.22. The molecule has 1 aromatic heterocycles. The second kappa shape index (κ2) is 6.56. The van der Waals surface area contributed by atoms with Crippen LogP contribution in [0.25, 0.3) is 0 Å². The van der Waals surface area contributed by atoms with Gasteiger partial charge < -0.3 is 9.80 Å². The summed E-state index contributed by atoms with van der Waals surface area (Å²) in [6.45, 7) is 2.93. The second-order valence-electron chi connectivity index (χ2n) is 5.76. The van der Waals surface area contributed by atoms with E-state index in [-0.39, 0.29) is 11.8 Å². The van der Waals surface area contributed by atoms with Crippen molar-refractivity contribution >= 4 is 23.2 Å². The first-order valence-corrected chi connectivity index (χ1v) is 8.57. The summed E-state index contributed by atoms with van der Waals surface area (Å²) >= 11 is 1.60. The molecule has 6 heteroatoms. The molecular weight excluding hydrogens is 286 g/mol. The van der Waals surface area contributed by atoms with Crippen LogP contribution in [0.3, 0.4) is 0 Å². The molecule has 0 atom stereocenters. The highest BCUT2D eigenvalue weighted by Gasteiger charge is 2.34. The van der Waals surface area contributed by atoms with Crippen molar-refractivity contribution < 1.29 is 9.59 Å². The van der Waals surface area contributed by atoms with Crippen LogP contribution in [0.2, 0.25) is 0 Å². The molecule has 0 unspecified atom stereocenters. The second-order valence-corrected chi connectivity index (χ2v) is 6.74. The summed E-state index contributed by atoms with van der Waals surface area (Å²) in [7, 11) is 0. The molecule has 5 nitrogen and oxygen atoms in total. The molecule has 0 radical (unpaired) electrons. The Labute approximate surface area is 129 Å². The minimum atomic E-state index is 0.186. The van der Waals surface area contributed by atoms with Gasteiger partial charge in [-0.05, 0) is 19.3 Å². The molecule has 0 spiro atoms. The van der Waals surface area contributed by atoms with E-state index in [0.717, 1.165) is 43.8 Å². The molecule has 1 saturated heterocycles. The Morgan fingerprint density at radius 2 is 1.95 bits per heavy atom. The Morgan fingerprint density at radius 3 is 2.67 bits per heavy atom. The predicted molar refractivity (Wildman–Crippen MR) is 80.9 cm³/mol. The van der Waals surface area contributed by atoms with E-state index < -0.39 is 0 Å². The maximum atomic E-state index is 12.3. The minimum Gasteiger partial charge on any atom is -0.341 e. The van der Waals surface area contributed by atoms with E-state index in [1.165, 1.54) is 0 Å². The van der Waals surface area contributed by atoms with Crippen molar-refractivity contribution in [3.05, 3.63) is 16.6 Å². The maximum absolute atomic E-state index is 12.3. The zero-order valence-corrected chi connectivity index (χ0v) is 13.0. The molecule has 3 rings (SSSR count). The molecular formula is C15H21N3O2S. The van der Waals surface area contributed by atoms with Crippen molar-refractivity contribution in [3.63, 3.8) is 0 Å². The fourth-order valence-corrected chi connectivity index (χ4v) is 3.34. The van der Waals surface area contributed by atoms with E-state index in [2.05, 4.69) is 4.98 Å². The number of aryl methyl sites for hydroxylation is 1. The van der Waals surface area contributed by atoms with E-state index in [1.54, 1.807) is 17.5 Å². The molecule has 2 heterocycles. The largest absolute Gasteiger partial charge is 0.341 e. The van der Waals surface area contributed by atoms with E-state index >= 15 is 0 Å². The summed E-state index contributed by atoms with van der Waals surface area (Å²) in [5.41, 5.74) is 0. The normalized spacial score (nSPS) is 19.4. The summed E-state index contributed by atoms with van der Waals surface area (Å²) < 4.78 is 0. The van der Waals surface area contributed by atoms with Crippen molar-refractivity contribution in [3.8, 4) is 0 Å². The molecule has 2 fully saturated rings. The van der Waals surface area contributed by atoms with Crippen LogP contribution in [0.5, 0.6) is 0 Å². The lowest BCUT2D eigenvalue weighted by Crippen LogP contribution is -2.38. The molecule has 1 saturated carbocycles. The predicted octanol–water partition coefficient (Wildman–Crippen LogP) is 1.55. The molecule has 2 amide bonds. The van der Waals surface area contributed by atoms with E-state index in [9.17, 15) is 9.59 Å². The number of hydrogen-bond donors (Lipinski definition) is 0. The lowest BCUT2D eigenvalue weighted by atomic mass is 10.2.